The summed E-state index contributed by atoms with van der Waals surface area (Å²) >= 11 is 7.55. The number of carbonyl (C=O) groups is 1. The maximum atomic E-state index is 12.3. The highest BCUT2D eigenvalue weighted by Gasteiger charge is 2.20. The molecule has 0 radical (unpaired) electrons. The number of fused-ring (bicyclic) bond motifs is 2. The van der Waals surface area contributed by atoms with Crippen molar-refractivity contribution in [3.05, 3.63) is 41.1 Å². The summed E-state index contributed by atoms with van der Waals surface area (Å²) < 4.78 is 7.56. The molecular formula is C18H16ClN5O2S. The highest BCUT2D eigenvalue weighted by atomic mass is 35.5. The Balaban J connectivity index is 1.66. The first-order chi connectivity index (χ1) is 12.8. The predicted octanol–water partition coefficient (Wildman–Crippen LogP) is 5.22. The van der Waals surface area contributed by atoms with Gasteiger partial charge in [-0.05, 0) is 62.0 Å². The van der Waals surface area contributed by atoms with Crippen molar-refractivity contribution in [3.8, 4) is 0 Å². The van der Waals surface area contributed by atoms with E-state index >= 15 is 0 Å². The maximum Gasteiger partial charge on any atom is 0.435 e. The van der Waals surface area contributed by atoms with Crippen LogP contribution < -0.4 is 5.32 Å². The van der Waals surface area contributed by atoms with Crippen molar-refractivity contribution in [2.45, 2.75) is 26.4 Å². The first-order valence-corrected chi connectivity index (χ1v) is 9.45. The highest BCUT2D eigenvalue weighted by Crippen LogP contribution is 2.30. The molecule has 3 heterocycles. The molecular weight excluding hydrogens is 386 g/mol. The molecule has 1 aromatic carbocycles. The molecule has 27 heavy (non-hydrogen) atoms. The van der Waals surface area contributed by atoms with Crippen LogP contribution in [-0.2, 0) is 4.74 Å². The van der Waals surface area contributed by atoms with Gasteiger partial charge in [0, 0.05) is 11.1 Å². The first-order valence-electron chi connectivity index (χ1n) is 8.19. The lowest BCUT2D eigenvalue weighted by atomic mass is 10.2. The molecule has 3 aromatic heterocycles. The van der Waals surface area contributed by atoms with Crippen LogP contribution in [0.4, 0.5) is 16.3 Å². The number of nitrogens with one attached hydrogen (secondary N) is 1. The zero-order chi connectivity index (χ0) is 19.2. The minimum absolute atomic E-state index is 0.183. The molecule has 138 valence electrons. The fraction of sp³-hybridized carbons (Fsp3) is 0.222. The molecule has 0 atom stereocenters. The van der Waals surface area contributed by atoms with Crippen molar-refractivity contribution in [1.29, 1.82) is 0 Å². The number of rotatable bonds is 2. The topological polar surface area (TPSA) is 81.9 Å². The van der Waals surface area contributed by atoms with Crippen LogP contribution in [0.2, 0.25) is 5.28 Å². The number of carbonyl (C=O) groups excluding carboxylic acids is 1. The van der Waals surface area contributed by atoms with E-state index in [-0.39, 0.29) is 5.28 Å². The van der Waals surface area contributed by atoms with E-state index in [0.717, 1.165) is 21.3 Å². The minimum atomic E-state index is -0.588. The zero-order valence-corrected chi connectivity index (χ0v) is 16.4. The van der Waals surface area contributed by atoms with Crippen LogP contribution in [-0.4, -0.2) is 31.4 Å². The molecule has 0 saturated carbocycles. The Morgan fingerprint density at radius 3 is 2.85 bits per heavy atom. The van der Waals surface area contributed by atoms with Crippen LogP contribution in [0.15, 0.2) is 35.8 Å². The number of halogens is 1. The van der Waals surface area contributed by atoms with Gasteiger partial charge in [0.2, 0.25) is 5.28 Å². The average Bonchev–Trinajstić information content (AvgIpc) is 3.19. The number of nitrogens with zero attached hydrogens (tertiary/aromatic N) is 4. The van der Waals surface area contributed by atoms with E-state index in [1.54, 1.807) is 6.20 Å². The van der Waals surface area contributed by atoms with Crippen LogP contribution in [0.5, 0.6) is 0 Å². The van der Waals surface area contributed by atoms with Gasteiger partial charge in [-0.25, -0.2) is 9.78 Å². The molecule has 0 spiro atoms. The van der Waals surface area contributed by atoms with Crippen LogP contribution in [0.1, 0.15) is 20.8 Å². The quantitative estimate of drug-likeness (QED) is 0.463. The number of benzene rings is 1. The predicted molar refractivity (Wildman–Crippen MR) is 107 cm³/mol. The van der Waals surface area contributed by atoms with Crippen LogP contribution in [0.3, 0.4) is 0 Å². The normalized spacial score (nSPS) is 11.9. The lowest BCUT2D eigenvalue weighted by molar-refractivity contribution is 0.0523. The van der Waals surface area contributed by atoms with Crippen molar-refractivity contribution < 1.29 is 9.53 Å². The van der Waals surface area contributed by atoms with Gasteiger partial charge in [-0.15, -0.1) is 11.3 Å². The zero-order valence-electron chi connectivity index (χ0n) is 14.9. The SMILES string of the molecule is CC(C)(C)OC(=O)n1ncc2cc(Nc3nc(Cl)nc4ccsc34)ccc21. The Hall–Kier alpha value is -2.71. The van der Waals surface area contributed by atoms with E-state index in [1.165, 1.54) is 16.0 Å². The van der Waals surface area contributed by atoms with Crippen molar-refractivity contribution >= 4 is 61.7 Å². The van der Waals surface area contributed by atoms with Gasteiger partial charge in [-0.1, -0.05) is 0 Å². The summed E-state index contributed by atoms with van der Waals surface area (Å²) in [7, 11) is 0. The molecule has 0 aliphatic rings. The van der Waals surface area contributed by atoms with Gasteiger partial charge in [0.25, 0.3) is 0 Å². The molecule has 0 amide bonds. The summed E-state index contributed by atoms with van der Waals surface area (Å²) in [5.74, 6) is 0.638. The second-order valence-electron chi connectivity index (χ2n) is 6.91. The average molecular weight is 402 g/mol. The fourth-order valence-corrected chi connectivity index (χ4v) is 3.57. The summed E-state index contributed by atoms with van der Waals surface area (Å²) in [6, 6.07) is 7.44. The molecule has 0 aliphatic carbocycles. The molecule has 9 heteroatoms. The van der Waals surface area contributed by atoms with E-state index in [2.05, 4.69) is 20.4 Å². The van der Waals surface area contributed by atoms with Crippen LogP contribution in [0.25, 0.3) is 21.1 Å². The third kappa shape index (κ3) is 3.58. The number of hydrogen-bond acceptors (Lipinski definition) is 7. The van der Waals surface area contributed by atoms with Gasteiger partial charge in [0.05, 0.1) is 21.9 Å². The molecule has 0 unspecified atom stereocenters. The van der Waals surface area contributed by atoms with Gasteiger partial charge in [0.1, 0.15) is 5.60 Å². The number of aromatic nitrogens is 4. The fourth-order valence-electron chi connectivity index (χ4n) is 2.62. The Bertz CT molecular complexity index is 1160. The molecule has 1 N–H and O–H groups in total. The molecule has 0 saturated heterocycles. The Kier molecular flexibility index (Phi) is 4.24. The van der Waals surface area contributed by atoms with Gasteiger partial charge in [-0.2, -0.15) is 14.8 Å². The van der Waals surface area contributed by atoms with Gasteiger partial charge < -0.3 is 10.1 Å². The highest BCUT2D eigenvalue weighted by molar-refractivity contribution is 7.17. The van der Waals surface area contributed by atoms with Gasteiger partial charge in [0.15, 0.2) is 5.82 Å². The molecule has 7 nitrogen and oxygen atoms in total. The number of ether oxygens (including phenoxy) is 1. The van der Waals surface area contributed by atoms with E-state index in [9.17, 15) is 4.79 Å². The van der Waals surface area contributed by atoms with E-state index in [1.807, 2.05) is 50.4 Å². The lowest BCUT2D eigenvalue weighted by Crippen LogP contribution is -2.27. The number of thiophene rings is 1. The van der Waals surface area contributed by atoms with Crippen molar-refractivity contribution in [3.63, 3.8) is 0 Å². The maximum absolute atomic E-state index is 12.3. The summed E-state index contributed by atoms with van der Waals surface area (Å²) in [5.41, 5.74) is 1.67. The van der Waals surface area contributed by atoms with E-state index in [0.29, 0.717) is 11.3 Å². The van der Waals surface area contributed by atoms with Crippen molar-refractivity contribution in [1.82, 2.24) is 19.7 Å². The molecule has 0 bridgehead atoms. The summed E-state index contributed by atoms with van der Waals surface area (Å²) in [6.45, 7) is 5.45. The largest absolute Gasteiger partial charge is 0.442 e. The van der Waals surface area contributed by atoms with Gasteiger partial charge >= 0.3 is 6.09 Å². The van der Waals surface area contributed by atoms with E-state index in [4.69, 9.17) is 16.3 Å². The summed E-state index contributed by atoms with van der Waals surface area (Å²) in [6.07, 6.45) is 1.11. The van der Waals surface area contributed by atoms with E-state index < -0.39 is 11.7 Å². The second kappa shape index (κ2) is 6.47. The molecule has 0 fully saturated rings. The lowest BCUT2D eigenvalue weighted by Gasteiger charge is -2.19. The van der Waals surface area contributed by atoms with Crippen molar-refractivity contribution in [2.75, 3.05) is 5.32 Å². The Morgan fingerprint density at radius 2 is 2.07 bits per heavy atom. The standard InChI is InChI=1S/C18H16ClN5O2S/c1-18(2,3)26-17(25)24-13-5-4-11(8-10(13)9-20-24)21-15-14-12(6-7-27-14)22-16(19)23-15/h4-9H,1-3H3,(H,21,22,23). The summed E-state index contributed by atoms with van der Waals surface area (Å²) in [5, 5.41) is 10.3. The minimum Gasteiger partial charge on any atom is -0.442 e. The van der Waals surface area contributed by atoms with Crippen molar-refractivity contribution in [2.24, 2.45) is 0 Å². The molecule has 4 rings (SSSR count). The number of hydrogen-bond donors (Lipinski definition) is 1. The Labute approximate surface area is 163 Å². The number of anilines is 2. The third-order valence-corrected chi connectivity index (χ3v) is 4.75. The van der Waals surface area contributed by atoms with Crippen LogP contribution in [0, 0.1) is 0 Å². The molecule has 4 aromatic rings. The second-order valence-corrected chi connectivity index (χ2v) is 8.17. The monoisotopic (exact) mass is 401 g/mol. The van der Waals surface area contributed by atoms with Gasteiger partial charge in [-0.3, -0.25) is 0 Å². The molecule has 0 aliphatic heterocycles. The Morgan fingerprint density at radius 1 is 1.26 bits per heavy atom. The third-order valence-electron chi connectivity index (χ3n) is 3.67. The van der Waals surface area contributed by atoms with Crippen LogP contribution >= 0.6 is 22.9 Å². The smallest absolute Gasteiger partial charge is 0.435 e. The summed E-state index contributed by atoms with van der Waals surface area (Å²) in [4.78, 5) is 20.8. The first kappa shape index (κ1) is 17.7.